The lowest BCUT2D eigenvalue weighted by Gasteiger charge is -2.38. The number of rotatable bonds is 4. The molecule has 2 atom stereocenters. The van der Waals surface area contributed by atoms with Crippen molar-refractivity contribution in [3.8, 4) is 0 Å². The highest BCUT2D eigenvalue weighted by Crippen LogP contribution is 2.10. The largest absolute Gasteiger partial charge is 0.374 e. The van der Waals surface area contributed by atoms with Gasteiger partial charge in [0.2, 0.25) is 5.91 Å². The van der Waals surface area contributed by atoms with E-state index in [9.17, 15) is 4.79 Å². The van der Waals surface area contributed by atoms with Crippen molar-refractivity contribution in [2.75, 3.05) is 45.9 Å². The summed E-state index contributed by atoms with van der Waals surface area (Å²) in [7, 11) is 0. The lowest BCUT2D eigenvalue weighted by atomic mass is 10.1. The maximum atomic E-state index is 12.2. The van der Waals surface area contributed by atoms with Crippen LogP contribution >= 0.6 is 0 Å². The number of nitrogens with zero attached hydrogens (tertiary/aromatic N) is 2. The third-order valence-corrected chi connectivity index (χ3v) is 3.88. The van der Waals surface area contributed by atoms with Gasteiger partial charge in [-0.15, -0.1) is 0 Å². The van der Waals surface area contributed by atoms with Gasteiger partial charge in [-0.05, 0) is 13.0 Å². The molecule has 0 aromatic carbocycles. The van der Waals surface area contributed by atoms with Crippen molar-refractivity contribution in [3.63, 3.8) is 0 Å². The molecule has 5 nitrogen and oxygen atoms in total. The number of piperazine rings is 1. The fraction of sp³-hybridized carbons (Fsp3) is 0.923. The molecule has 2 aliphatic rings. The van der Waals surface area contributed by atoms with Crippen LogP contribution in [-0.2, 0) is 9.53 Å². The van der Waals surface area contributed by atoms with E-state index in [1.807, 2.05) is 4.90 Å². The van der Waals surface area contributed by atoms with Gasteiger partial charge in [0.1, 0.15) is 0 Å². The number of hydrogen-bond acceptors (Lipinski definition) is 4. The number of likely N-dealkylation sites (N-methyl/N-ethyl adjacent to an activating group) is 1. The van der Waals surface area contributed by atoms with E-state index in [-0.39, 0.29) is 18.1 Å². The summed E-state index contributed by atoms with van der Waals surface area (Å²) in [6, 6.07) is 0.00428. The van der Waals surface area contributed by atoms with E-state index in [1.54, 1.807) is 0 Å². The molecule has 2 rings (SSSR count). The number of carbonyl (C=O) groups is 1. The smallest absolute Gasteiger partial charge is 0.239 e. The summed E-state index contributed by atoms with van der Waals surface area (Å²) in [6.45, 7) is 10.5. The first-order valence-corrected chi connectivity index (χ1v) is 7.10. The standard InChI is InChI=1S/C13H25N3O2/c1-3-12-13(17)16(6-5-14-12)10-11-9-15(4-2)7-8-18-11/h11-12,14H,3-10H2,1-2H3. The van der Waals surface area contributed by atoms with Crippen LogP contribution in [0.25, 0.3) is 0 Å². The van der Waals surface area contributed by atoms with E-state index in [0.29, 0.717) is 0 Å². The lowest BCUT2D eigenvalue weighted by molar-refractivity contribution is -0.139. The molecular formula is C13H25N3O2. The summed E-state index contributed by atoms with van der Waals surface area (Å²) in [6.07, 6.45) is 1.04. The van der Waals surface area contributed by atoms with Gasteiger partial charge in [0.25, 0.3) is 0 Å². The van der Waals surface area contributed by atoms with Crippen molar-refractivity contribution in [2.45, 2.75) is 32.4 Å². The van der Waals surface area contributed by atoms with Crippen LogP contribution < -0.4 is 5.32 Å². The first-order chi connectivity index (χ1) is 8.74. The molecule has 2 fully saturated rings. The number of morpholine rings is 1. The molecule has 0 aliphatic carbocycles. The third kappa shape index (κ3) is 3.22. The van der Waals surface area contributed by atoms with E-state index in [0.717, 1.165) is 52.3 Å². The maximum Gasteiger partial charge on any atom is 0.239 e. The van der Waals surface area contributed by atoms with Crippen LogP contribution in [0.1, 0.15) is 20.3 Å². The molecule has 1 amide bonds. The highest BCUT2D eigenvalue weighted by Gasteiger charge is 2.30. The first kappa shape index (κ1) is 13.8. The van der Waals surface area contributed by atoms with Gasteiger partial charge < -0.3 is 15.0 Å². The number of amides is 1. The van der Waals surface area contributed by atoms with E-state index in [1.165, 1.54) is 0 Å². The van der Waals surface area contributed by atoms with Crippen LogP contribution in [0.15, 0.2) is 0 Å². The molecule has 0 aromatic heterocycles. The predicted molar refractivity (Wildman–Crippen MR) is 70.5 cm³/mol. The summed E-state index contributed by atoms with van der Waals surface area (Å²) in [5, 5.41) is 3.26. The molecule has 5 heteroatoms. The van der Waals surface area contributed by atoms with Crippen LogP contribution in [0.5, 0.6) is 0 Å². The average Bonchev–Trinajstić information content (AvgIpc) is 2.41. The molecule has 2 unspecified atom stereocenters. The van der Waals surface area contributed by atoms with Gasteiger partial charge in [-0.1, -0.05) is 13.8 Å². The zero-order valence-corrected chi connectivity index (χ0v) is 11.5. The fourth-order valence-electron chi connectivity index (χ4n) is 2.72. The molecule has 0 radical (unpaired) electrons. The zero-order valence-electron chi connectivity index (χ0n) is 11.5. The SMILES string of the molecule is CCC1NCCN(CC2CN(CC)CCO2)C1=O. The molecule has 2 saturated heterocycles. The van der Waals surface area contributed by atoms with Crippen LogP contribution in [0.2, 0.25) is 0 Å². The van der Waals surface area contributed by atoms with Crippen LogP contribution in [0.3, 0.4) is 0 Å². The van der Waals surface area contributed by atoms with Crippen molar-refractivity contribution >= 4 is 5.91 Å². The second kappa shape index (κ2) is 6.50. The Hall–Kier alpha value is -0.650. The molecule has 0 spiro atoms. The predicted octanol–water partition coefficient (Wildman–Crippen LogP) is -0.0825. The monoisotopic (exact) mass is 255 g/mol. The van der Waals surface area contributed by atoms with Gasteiger partial charge >= 0.3 is 0 Å². The van der Waals surface area contributed by atoms with Crippen LogP contribution in [0.4, 0.5) is 0 Å². The van der Waals surface area contributed by atoms with Crippen LogP contribution in [0, 0.1) is 0 Å². The van der Waals surface area contributed by atoms with E-state index in [2.05, 4.69) is 24.1 Å². The van der Waals surface area contributed by atoms with Gasteiger partial charge in [-0.3, -0.25) is 9.69 Å². The highest BCUT2D eigenvalue weighted by molar-refractivity contribution is 5.82. The quantitative estimate of drug-likeness (QED) is 0.763. The Morgan fingerprint density at radius 2 is 2.22 bits per heavy atom. The van der Waals surface area contributed by atoms with Gasteiger partial charge in [-0.2, -0.15) is 0 Å². The lowest BCUT2D eigenvalue weighted by Crippen LogP contribution is -2.58. The summed E-state index contributed by atoms with van der Waals surface area (Å²) in [4.78, 5) is 16.5. The number of carbonyl (C=O) groups excluding carboxylic acids is 1. The van der Waals surface area contributed by atoms with Crippen molar-refractivity contribution in [1.29, 1.82) is 0 Å². The van der Waals surface area contributed by atoms with Gasteiger partial charge in [0.05, 0.1) is 18.8 Å². The summed E-state index contributed by atoms with van der Waals surface area (Å²) in [5.41, 5.74) is 0. The Balaban J connectivity index is 1.86. The summed E-state index contributed by atoms with van der Waals surface area (Å²) >= 11 is 0. The molecule has 2 heterocycles. The second-order valence-electron chi connectivity index (χ2n) is 5.09. The maximum absolute atomic E-state index is 12.2. The van der Waals surface area contributed by atoms with Crippen molar-refractivity contribution in [2.24, 2.45) is 0 Å². The topological polar surface area (TPSA) is 44.8 Å². The zero-order chi connectivity index (χ0) is 13.0. The molecule has 0 aromatic rings. The molecule has 18 heavy (non-hydrogen) atoms. The molecule has 104 valence electrons. The minimum atomic E-state index is 0.00428. The van der Waals surface area contributed by atoms with Gasteiger partial charge in [0.15, 0.2) is 0 Å². The Labute approximate surface area is 109 Å². The Morgan fingerprint density at radius 1 is 1.39 bits per heavy atom. The summed E-state index contributed by atoms with van der Waals surface area (Å²) in [5.74, 6) is 0.237. The molecule has 1 N–H and O–H groups in total. The van der Waals surface area contributed by atoms with Crippen molar-refractivity contribution in [3.05, 3.63) is 0 Å². The first-order valence-electron chi connectivity index (χ1n) is 7.10. The minimum Gasteiger partial charge on any atom is -0.374 e. The second-order valence-corrected chi connectivity index (χ2v) is 5.09. The third-order valence-electron chi connectivity index (χ3n) is 3.88. The van der Waals surface area contributed by atoms with E-state index < -0.39 is 0 Å². The molecular weight excluding hydrogens is 230 g/mol. The molecule has 0 saturated carbocycles. The van der Waals surface area contributed by atoms with E-state index >= 15 is 0 Å². The van der Waals surface area contributed by atoms with Gasteiger partial charge in [0, 0.05) is 32.7 Å². The highest BCUT2D eigenvalue weighted by atomic mass is 16.5. The Bertz CT molecular complexity index is 285. The average molecular weight is 255 g/mol. The Kier molecular flexibility index (Phi) is 4.97. The number of hydrogen-bond donors (Lipinski definition) is 1. The van der Waals surface area contributed by atoms with Crippen molar-refractivity contribution in [1.82, 2.24) is 15.1 Å². The van der Waals surface area contributed by atoms with E-state index in [4.69, 9.17) is 4.74 Å². The normalized spacial score (nSPS) is 30.8. The summed E-state index contributed by atoms with van der Waals surface area (Å²) < 4.78 is 5.77. The molecule has 2 aliphatic heterocycles. The fourth-order valence-corrected chi connectivity index (χ4v) is 2.72. The van der Waals surface area contributed by atoms with Crippen molar-refractivity contribution < 1.29 is 9.53 Å². The number of nitrogens with one attached hydrogen (secondary N) is 1. The Morgan fingerprint density at radius 3 is 2.94 bits per heavy atom. The number of ether oxygens (including phenoxy) is 1. The van der Waals surface area contributed by atoms with Gasteiger partial charge in [-0.25, -0.2) is 0 Å². The minimum absolute atomic E-state index is 0.00428. The van der Waals surface area contributed by atoms with Crippen LogP contribution in [-0.4, -0.2) is 73.7 Å². The molecule has 0 bridgehead atoms.